The second-order valence-electron chi connectivity index (χ2n) is 5.00. The molecule has 0 aliphatic carbocycles. The summed E-state index contributed by atoms with van der Waals surface area (Å²) in [5.41, 5.74) is 3.72. The molecule has 0 saturated carbocycles. The third-order valence-electron chi connectivity index (χ3n) is 3.70. The molecule has 2 aromatic rings. The van der Waals surface area contributed by atoms with E-state index in [0.29, 0.717) is 6.04 Å². The van der Waals surface area contributed by atoms with Gasteiger partial charge in [0.25, 0.3) is 0 Å². The van der Waals surface area contributed by atoms with Crippen LogP contribution in [0.15, 0.2) is 18.2 Å². The first kappa shape index (κ1) is 10.8. The average molecular weight is 229 g/mol. The Morgan fingerprint density at radius 3 is 2.76 bits per heavy atom. The molecule has 1 aromatic heterocycles. The van der Waals surface area contributed by atoms with Gasteiger partial charge in [-0.3, -0.25) is 0 Å². The fraction of sp³-hybridized carbons (Fsp3) is 0.500. The van der Waals surface area contributed by atoms with E-state index in [1.807, 2.05) is 0 Å². The van der Waals surface area contributed by atoms with Crippen molar-refractivity contribution in [2.75, 3.05) is 13.1 Å². The van der Waals surface area contributed by atoms with Crippen molar-refractivity contribution in [2.45, 2.75) is 32.7 Å². The van der Waals surface area contributed by atoms with E-state index in [1.54, 1.807) is 0 Å². The normalized spacial score (nSPS) is 17.8. The predicted molar refractivity (Wildman–Crippen MR) is 70.3 cm³/mol. The summed E-state index contributed by atoms with van der Waals surface area (Å²) in [4.78, 5) is 4.69. The monoisotopic (exact) mass is 229 g/mol. The number of rotatable bonds is 1. The van der Waals surface area contributed by atoms with E-state index < -0.39 is 0 Å². The third-order valence-corrected chi connectivity index (χ3v) is 3.70. The van der Waals surface area contributed by atoms with Crippen molar-refractivity contribution in [3.8, 4) is 0 Å². The van der Waals surface area contributed by atoms with Crippen LogP contribution in [0.4, 0.5) is 0 Å². The lowest BCUT2D eigenvalue weighted by atomic mass is 10.1. The van der Waals surface area contributed by atoms with Gasteiger partial charge in [0, 0.05) is 6.04 Å². The molecule has 17 heavy (non-hydrogen) atoms. The highest BCUT2D eigenvalue weighted by atomic mass is 15.1. The Bertz CT molecular complexity index is 536. The number of nitrogens with one attached hydrogen (secondary N) is 1. The van der Waals surface area contributed by atoms with Crippen molar-refractivity contribution >= 4 is 11.0 Å². The molecule has 0 radical (unpaired) electrons. The van der Waals surface area contributed by atoms with Crippen LogP contribution < -0.4 is 5.32 Å². The van der Waals surface area contributed by atoms with E-state index in [4.69, 9.17) is 4.98 Å². The van der Waals surface area contributed by atoms with Crippen LogP contribution in [0.1, 0.15) is 30.3 Å². The van der Waals surface area contributed by atoms with Crippen molar-refractivity contribution in [3.63, 3.8) is 0 Å². The number of aromatic nitrogens is 2. The lowest BCUT2D eigenvalue weighted by Crippen LogP contribution is -2.29. The topological polar surface area (TPSA) is 29.9 Å². The molecule has 2 heterocycles. The summed E-state index contributed by atoms with van der Waals surface area (Å²) >= 11 is 0. The maximum Gasteiger partial charge on any atom is 0.106 e. The standard InChI is InChI=1S/C14H19N3/c1-10-3-4-14-13(9-10)16-11(2)17(14)12-5-7-15-8-6-12/h3-4,9,12,15H,5-8H2,1-2H3. The molecule has 1 fully saturated rings. The Morgan fingerprint density at radius 2 is 2.00 bits per heavy atom. The van der Waals surface area contributed by atoms with Gasteiger partial charge in [0.05, 0.1) is 11.0 Å². The molecular weight excluding hydrogens is 210 g/mol. The quantitative estimate of drug-likeness (QED) is 0.814. The molecule has 3 nitrogen and oxygen atoms in total. The molecule has 0 spiro atoms. The molecule has 1 aromatic carbocycles. The zero-order valence-electron chi connectivity index (χ0n) is 10.5. The number of nitrogens with zero attached hydrogens (tertiary/aromatic N) is 2. The average Bonchev–Trinajstić information content (AvgIpc) is 2.65. The fourth-order valence-corrected chi connectivity index (χ4v) is 2.86. The molecule has 3 heteroatoms. The lowest BCUT2D eigenvalue weighted by molar-refractivity contribution is 0.370. The van der Waals surface area contributed by atoms with Crippen LogP contribution in [0.3, 0.4) is 0 Å². The predicted octanol–water partition coefficient (Wildman–Crippen LogP) is 2.58. The molecular formula is C14H19N3. The van der Waals surface area contributed by atoms with Crippen LogP contribution >= 0.6 is 0 Å². The van der Waals surface area contributed by atoms with Gasteiger partial charge in [0.2, 0.25) is 0 Å². The Kier molecular flexibility index (Phi) is 2.63. The highest BCUT2D eigenvalue weighted by Crippen LogP contribution is 2.26. The lowest BCUT2D eigenvalue weighted by Gasteiger charge is -2.25. The molecule has 90 valence electrons. The summed E-state index contributed by atoms with van der Waals surface area (Å²) in [6.07, 6.45) is 2.42. The summed E-state index contributed by atoms with van der Waals surface area (Å²) in [5.74, 6) is 1.15. The maximum atomic E-state index is 4.69. The second kappa shape index (κ2) is 4.15. The Labute approximate surface area is 102 Å². The van der Waals surface area contributed by atoms with E-state index in [1.165, 1.54) is 23.9 Å². The Hall–Kier alpha value is -1.35. The van der Waals surface area contributed by atoms with Crippen molar-refractivity contribution in [3.05, 3.63) is 29.6 Å². The minimum Gasteiger partial charge on any atom is -0.325 e. The molecule has 0 bridgehead atoms. The van der Waals surface area contributed by atoms with Crippen LogP contribution in [0, 0.1) is 13.8 Å². The number of benzene rings is 1. The molecule has 0 atom stereocenters. The Balaban J connectivity index is 2.11. The zero-order valence-corrected chi connectivity index (χ0v) is 10.5. The first-order valence-corrected chi connectivity index (χ1v) is 6.41. The summed E-state index contributed by atoms with van der Waals surface area (Å²) in [7, 11) is 0. The van der Waals surface area contributed by atoms with Crippen LogP contribution in [-0.4, -0.2) is 22.6 Å². The van der Waals surface area contributed by atoms with Gasteiger partial charge in [-0.25, -0.2) is 4.98 Å². The largest absolute Gasteiger partial charge is 0.325 e. The van der Waals surface area contributed by atoms with Crippen molar-refractivity contribution < 1.29 is 0 Å². The van der Waals surface area contributed by atoms with Gasteiger partial charge in [-0.2, -0.15) is 0 Å². The minimum atomic E-state index is 0.615. The van der Waals surface area contributed by atoms with Gasteiger partial charge >= 0.3 is 0 Å². The fourth-order valence-electron chi connectivity index (χ4n) is 2.86. The smallest absolute Gasteiger partial charge is 0.106 e. The Morgan fingerprint density at radius 1 is 1.24 bits per heavy atom. The number of piperidine rings is 1. The first-order chi connectivity index (χ1) is 8.25. The second-order valence-corrected chi connectivity index (χ2v) is 5.00. The SMILES string of the molecule is Cc1ccc2c(c1)nc(C)n2C1CCNCC1. The number of imidazole rings is 1. The van der Waals surface area contributed by atoms with E-state index >= 15 is 0 Å². The summed E-state index contributed by atoms with van der Waals surface area (Å²) in [6, 6.07) is 7.19. The summed E-state index contributed by atoms with van der Waals surface area (Å²) < 4.78 is 2.43. The summed E-state index contributed by atoms with van der Waals surface area (Å²) in [5, 5.41) is 3.42. The van der Waals surface area contributed by atoms with Gasteiger partial charge in [0.15, 0.2) is 0 Å². The third kappa shape index (κ3) is 1.84. The maximum absolute atomic E-state index is 4.69. The van der Waals surface area contributed by atoms with Gasteiger partial charge in [0.1, 0.15) is 5.82 Å². The highest BCUT2D eigenvalue weighted by molar-refractivity contribution is 5.77. The van der Waals surface area contributed by atoms with Crippen LogP contribution in [0.5, 0.6) is 0 Å². The minimum absolute atomic E-state index is 0.615. The van der Waals surface area contributed by atoms with Crippen LogP contribution in [0.2, 0.25) is 0 Å². The van der Waals surface area contributed by atoms with Crippen molar-refractivity contribution in [1.82, 2.24) is 14.9 Å². The molecule has 3 rings (SSSR count). The summed E-state index contributed by atoms with van der Waals surface area (Å²) in [6.45, 7) is 6.49. The highest BCUT2D eigenvalue weighted by Gasteiger charge is 2.19. The molecule has 0 amide bonds. The molecule has 1 aliphatic heterocycles. The number of aryl methyl sites for hydroxylation is 2. The molecule has 1 N–H and O–H groups in total. The first-order valence-electron chi connectivity index (χ1n) is 6.41. The van der Waals surface area contributed by atoms with E-state index in [0.717, 1.165) is 24.4 Å². The zero-order chi connectivity index (χ0) is 11.8. The van der Waals surface area contributed by atoms with Gasteiger partial charge in [-0.05, 0) is 57.5 Å². The van der Waals surface area contributed by atoms with Gasteiger partial charge < -0.3 is 9.88 Å². The number of hydrogen-bond acceptors (Lipinski definition) is 2. The van der Waals surface area contributed by atoms with Crippen molar-refractivity contribution in [2.24, 2.45) is 0 Å². The van der Waals surface area contributed by atoms with E-state index in [9.17, 15) is 0 Å². The van der Waals surface area contributed by atoms with Crippen molar-refractivity contribution in [1.29, 1.82) is 0 Å². The van der Waals surface area contributed by atoms with Crippen LogP contribution in [0.25, 0.3) is 11.0 Å². The number of fused-ring (bicyclic) bond motifs is 1. The van der Waals surface area contributed by atoms with Crippen LogP contribution in [-0.2, 0) is 0 Å². The molecule has 1 aliphatic rings. The van der Waals surface area contributed by atoms with E-state index in [2.05, 4.69) is 41.9 Å². The van der Waals surface area contributed by atoms with Gasteiger partial charge in [-0.1, -0.05) is 6.07 Å². The van der Waals surface area contributed by atoms with E-state index in [-0.39, 0.29) is 0 Å². The van der Waals surface area contributed by atoms with Gasteiger partial charge in [-0.15, -0.1) is 0 Å². The number of hydrogen-bond donors (Lipinski definition) is 1. The molecule has 1 saturated heterocycles. The molecule has 0 unspecified atom stereocenters.